The number of anilines is 1. The number of carbonyl (C=O) groups is 3. The van der Waals surface area contributed by atoms with Crippen molar-refractivity contribution in [3.63, 3.8) is 0 Å². The summed E-state index contributed by atoms with van der Waals surface area (Å²) in [5, 5.41) is 2.94. The Bertz CT molecular complexity index is 923. The maximum absolute atomic E-state index is 12.5. The second kappa shape index (κ2) is 8.47. The number of hydrogen-bond donors (Lipinski definition) is 1. The largest absolute Gasteiger partial charge is 0.348 e. The summed E-state index contributed by atoms with van der Waals surface area (Å²) in [5.41, 5.74) is 3.42. The minimum absolute atomic E-state index is 0.110. The van der Waals surface area contributed by atoms with Crippen LogP contribution in [0, 0.1) is 0 Å². The lowest BCUT2D eigenvalue weighted by molar-refractivity contribution is -0.128. The zero-order valence-corrected chi connectivity index (χ0v) is 16.4. The van der Waals surface area contributed by atoms with Gasteiger partial charge in [0.2, 0.25) is 11.8 Å². The van der Waals surface area contributed by atoms with Gasteiger partial charge in [0.1, 0.15) is 0 Å². The molecule has 2 saturated heterocycles. The third kappa shape index (κ3) is 4.47. The molecule has 0 aromatic heterocycles. The summed E-state index contributed by atoms with van der Waals surface area (Å²) in [7, 11) is 0. The van der Waals surface area contributed by atoms with Gasteiger partial charge in [0.25, 0.3) is 5.91 Å². The second-order valence-electron chi connectivity index (χ2n) is 7.62. The summed E-state index contributed by atoms with van der Waals surface area (Å²) in [6.07, 6.45) is 3.02. The van der Waals surface area contributed by atoms with Gasteiger partial charge < -0.3 is 15.1 Å². The molecule has 2 aliphatic rings. The summed E-state index contributed by atoms with van der Waals surface area (Å²) in [4.78, 5) is 39.8. The van der Waals surface area contributed by atoms with Gasteiger partial charge in [-0.25, -0.2) is 0 Å². The molecule has 150 valence electrons. The fraction of sp³-hybridized carbons (Fsp3) is 0.348. The van der Waals surface area contributed by atoms with E-state index < -0.39 is 0 Å². The Morgan fingerprint density at radius 1 is 0.897 bits per heavy atom. The lowest BCUT2D eigenvalue weighted by Gasteiger charge is -2.16. The fourth-order valence-electron chi connectivity index (χ4n) is 3.87. The average Bonchev–Trinajstić information content (AvgIpc) is 3.35. The van der Waals surface area contributed by atoms with Crippen LogP contribution in [0.15, 0.2) is 48.5 Å². The number of nitrogens with one attached hydrogen (secondary N) is 1. The average molecular weight is 391 g/mol. The van der Waals surface area contributed by atoms with E-state index in [0.717, 1.165) is 36.2 Å². The van der Waals surface area contributed by atoms with Crippen LogP contribution >= 0.6 is 0 Å². The Balaban J connectivity index is 1.33. The lowest BCUT2D eigenvalue weighted by Crippen LogP contribution is -2.26. The van der Waals surface area contributed by atoms with Crippen LogP contribution in [0.25, 0.3) is 0 Å². The Kier molecular flexibility index (Phi) is 5.60. The first kappa shape index (κ1) is 19.2. The van der Waals surface area contributed by atoms with Gasteiger partial charge in [0.15, 0.2) is 0 Å². The fourth-order valence-corrected chi connectivity index (χ4v) is 3.87. The molecule has 0 bridgehead atoms. The maximum atomic E-state index is 12.5. The van der Waals surface area contributed by atoms with E-state index in [-0.39, 0.29) is 17.7 Å². The van der Waals surface area contributed by atoms with Crippen LogP contribution < -0.4 is 10.2 Å². The number of hydrogen-bond acceptors (Lipinski definition) is 3. The van der Waals surface area contributed by atoms with E-state index in [1.165, 1.54) is 0 Å². The predicted octanol–water partition coefficient (Wildman–Crippen LogP) is 2.87. The summed E-state index contributed by atoms with van der Waals surface area (Å²) < 4.78 is 0. The molecule has 0 spiro atoms. The van der Waals surface area contributed by atoms with E-state index in [4.69, 9.17) is 0 Å². The van der Waals surface area contributed by atoms with Crippen LogP contribution in [0.2, 0.25) is 0 Å². The number of carbonyl (C=O) groups excluding carboxylic acids is 3. The standard InChI is InChI=1S/C23H25N3O3/c27-21-6-2-12-25(21)16-18-10-8-17(9-11-18)15-24-23(29)19-4-1-5-20(14-19)26-13-3-7-22(26)28/h1,4-5,8-11,14H,2-3,6-7,12-13,15-16H2,(H,24,29). The van der Waals surface area contributed by atoms with Gasteiger partial charge in [-0.3, -0.25) is 14.4 Å². The highest BCUT2D eigenvalue weighted by Crippen LogP contribution is 2.22. The molecule has 2 aromatic carbocycles. The van der Waals surface area contributed by atoms with Crippen LogP contribution in [0.1, 0.15) is 47.2 Å². The molecule has 2 aromatic rings. The van der Waals surface area contributed by atoms with Crippen molar-refractivity contribution in [3.8, 4) is 0 Å². The molecule has 0 atom stereocenters. The molecule has 3 amide bonds. The summed E-state index contributed by atoms with van der Waals surface area (Å²) in [5.74, 6) is 0.169. The number of nitrogens with zero attached hydrogens (tertiary/aromatic N) is 2. The zero-order chi connectivity index (χ0) is 20.2. The smallest absolute Gasteiger partial charge is 0.251 e. The van der Waals surface area contributed by atoms with Crippen molar-refractivity contribution in [1.82, 2.24) is 10.2 Å². The van der Waals surface area contributed by atoms with Gasteiger partial charge in [0, 0.05) is 50.3 Å². The third-order valence-corrected chi connectivity index (χ3v) is 5.51. The first-order valence-corrected chi connectivity index (χ1v) is 10.1. The van der Waals surface area contributed by atoms with Crippen molar-refractivity contribution in [2.24, 2.45) is 0 Å². The van der Waals surface area contributed by atoms with E-state index in [0.29, 0.717) is 38.0 Å². The minimum atomic E-state index is -0.162. The van der Waals surface area contributed by atoms with Crippen LogP contribution in [-0.4, -0.2) is 35.7 Å². The molecule has 2 fully saturated rings. The molecule has 2 heterocycles. The Morgan fingerprint density at radius 3 is 2.31 bits per heavy atom. The Hall–Kier alpha value is -3.15. The highest BCUT2D eigenvalue weighted by atomic mass is 16.2. The second-order valence-corrected chi connectivity index (χ2v) is 7.62. The molecule has 6 heteroatoms. The van der Waals surface area contributed by atoms with E-state index in [9.17, 15) is 14.4 Å². The molecule has 0 unspecified atom stereocenters. The topological polar surface area (TPSA) is 69.7 Å². The van der Waals surface area contributed by atoms with Crippen molar-refractivity contribution >= 4 is 23.4 Å². The van der Waals surface area contributed by atoms with Crippen LogP contribution in [-0.2, 0) is 22.7 Å². The van der Waals surface area contributed by atoms with Crippen molar-refractivity contribution < 1.29 is 14.4 Å². The molecule has 0 radical (unpaired) electrons. The van der Waals surface area contributed by atoms with Gasteiger partial charge in [-0.2, -0.15) is 0 Å². The van der Waals surface area contributed by atoms with Crippen molar-refractivity contribution in [3.05, 3.63) is 65.2 Å². The molecule has 0 aliphatic carbocycles. The molecular formula is C23H25N3O3. The molecule has 0 saturated carbocycles. The normalized spacial score (nSPS) is 16.6. The van der Waals surface area contributed by atoms with E-state index >= 15 is 0 Å². The number of amides is 3. The summed E-state index contributed by atoms with van der Waals surface area (Å²) in [6, 6.07) is 15.2. The van der Waals surface area contributed by atoms with E-state index in [2.05, 4.69) is 5.32 Å². The van der Waals surface area contributed by atoms with Crippen molar-refractivity contribution in [2.45, 2.75) is 38.8 Å². The monoisotopic (exact) mass is 391 g/mol. The number of rotatable bonds is 6. The van der Waals surface area contributed by atoms with Gasteiger partial charge in [-0.05, 0) is 42.2 Å². The molecule has 4 rings (SSSR count). The van der Waals surface area contributed by atoms with E-state index in [1.807, 2.05) is 41.3 Å². The molecule has 1 N–H and O–H groups in total. The van der Waals surface area contributed by atoms with Crippen LogP contribution in [0.5, 0.6) is 0 Å². The SMILES string of the molecule is O=C(NCc1ccc(CN2CCCC2=O)cc1)c1cccc(N2CCCC2=O)c1. The Labute approximate surface area is 170 Å². The Morgan fingerprint density at radius 2 is 1.62 bits per heavy atom. The molecular weight excluding hydrogens is 366 g/mol. The van der Waals surface area contributed by atoms with Gasteiger partial charge in [0.05, 0.1) is 0 Å². The lowest BCUT2D eigenvalue weighted by atomic mass is 10.1. The zero-order valence-electron chi connectivity index (χ0n) is 16.4. The third-order valence-electron chi connectivity index (χ3n) is 5.51. The highest BCUT2D eigenvalue weighted by Gasteiger charge is 2.22. The van der Waals surface area contributed by atoms with Crippen molar-refractivity contribution in [2.75, 3.05) is 18.0 Å². The summed E-state index contributed by atoms with van der Waals surface area (Å²) in [6.45, 7) is 2.61. The van der Waals surface area contributed by atoms with Crippen LogP contribution in [0.4, 0.5) is 5.69 Å². The van der Waals surface area contributed by atoms with Gasteiger partial charge in [-0.15, -0.1) is 0 Å². The van der Waals surface area contributed by atoms with Crippen LogP contribution in [0.3, 0.4) is 0 Å². The summed E-state index contributed by atoms with van der Waals surface area (Å²) >= 11 is 0. The minimum Gasteiger partial charge on any atom is -0.348 e. The maximum Gasteiger partial charge on any atom is 0.251 e. The number of likely N-dealkylation sites (tertiary alicyclic amines) is 1. The molecule has 29 heavy (non-hydrogen) atoms. The quantitative estimate of drug-likeness (QED) is 0.823. The first-order chi connectivity index (χ1) is 14.1. The van der Waals surface area contributed by atoms with Gasteiger partial charge in [-0.1, -0.05) is 30.3 Å². The van der Waals surface area contributed by atoms with Crippen molar-refractivity contribution in [1.29, 1.82) is 0 Å². The van der Waals surface area contributed by atoms with E-state index in [1.54, 1.807) is 17.0 Å². The predicted molar refractivity (Wildman–Crippen MR) is 110 cm³/mol. The number of benzene rings is 2. The highest BCUT2D eigenvalue weighted by molar-refractivity contribution is 5.99. The molecule has 2 aliphatic heterocycles. The molecule has 6 nitrogen and oxygen atoms in total. The first-order valence-electron chi connectivity index (χ1n) is 10.1. The van der Waals surface area contributed by atoms with Gasteiger partial charge >= 0.3 is 0 Å².